The van der Waals surface area contributed by atoms with Crippen LogP contribution < -0.4 is 19.9 Å². The number of esters is 1. The number of ether oxygens (including phenoxy) is 3. The van der Waals surface area contributed by atoms with E-state index in [1.54, 1.807) is 18.2 Å². The van der Waals surface area contributed by atoms with Crippen LogP contribution in [0.5, 0.6) is 17.2 Å². The van der Waals surface area contributed by atoms with E-state index >= 15 is 0 Å². The number of nitriles is 1. The van der Waals surface area contributed by atoms with Crippen molar-refractivity contribution in [1.29, 1.82) is 5.26 Å². The summed E-state index contributed by atoms with van der Waals surface area (Å²) in [5.41, 5.74) is 10.5. The summed E-state index contributed by atoms with van der Waals surface area (Å²) in [6.07, 6.45) is 0. The van der Waals surface area contributed by atoms with Crippen LogP contribution >= 0.6 is 11.6 Å². The van der Waals surface area contributed by atoms with Crippen molar-refractivity contribution >= 4 is 17.6 Å². The molecule has 1 atom stereocenters. The summed E-state index contributed by atoms with van der Waals surface area (Å²) < 4.78 is 17.8. The van der Waals surface area contributed by atoms with Crippen molar-refractivity contribution in [1.82, 2.24) is 0 Å². The summed E-state index contributed by atoms with van der Waals surface area (Å²) in [5, 5.41) is 10.7. The Bertz CT molecular complexity index is 1840. The number of hydrogen-bond donors (Lipinski definition) is 1. The number of carbonyl (C=O) groups excluding carboxylic acids is 1. The first-order valence-electron chi connectivity index (χ1n) is 14.0. The van der Waals surface area contributed by atoms with Gasteiger partial charge in [0, 0.05) is 22.2 Å². The van der Waals surface area contributed by atoms with Gasteiger partial charge in [-0.25, -0.2) is 0 Å². The monoisotopic (exact) mass is 598 g/mol. The van der Waals surface area contributed by atoms with Crippen LogP contribution in [0.2, 0.25) is 5.02 Å². The minimum absolute atomic E-state index is 0.0117. The Kier molecular flexibility index (Phi) is 8.31. The van der Waals surface area contributed by atoms with Crippen LogP contribution in [0.15, 0.2) is 139 Å². The maximum absolute atomic E-state index is 13.6. The van der Waals surface area contributed by atoms with Crippen LogP contribution in [0.1, 0.15) is 39.7 Å². The average molecular weight is 599 g/mol. The molecule has 216 valence electrons. The summed E-state index contributed by atoms with van der Waals surface area (Å²) in [7, 11) is 0. The third-order valence-electron chi connectivity index (χ3n) is 7.45. The Balaban J connectivity index is 1.29. The molecule has 0 fully saturated rings. The number of nitrogens with zero attached hydrogens (tertiary/aromatic N) is 1. The van der Waals surface area contributed by atoms with Gasteiger partial charge in [-0.05, 0) is 41.0 Å². The van der Waals surface area contributed by atoms with Gasteiger partial charge in [0.2, 0.25) is 5.88 Å². The maximum Gasteiger partial charge on any atom is 0.323 e. The van der Waals surface area contributed by atoms with Gasteiger partial charge in [-0.3, -0.25) is 4.79 Å². The highest BCUT2D eigenvalue weighted by atomic mass is 35.5. The molecule has 0 aliphatic carbocycles. The molecular formula is C37H27ClN2O4. The first-order valence-corrected chi connectivity index (χ1v) is 14.4. The lowest BCUT2D eigenvalue weighted by molar-refractivity contribution is -0.135. The van der Waals surface area contributed by atoms with Crippen LogP contribution in [0.25, 0.3) is 0 Å². The molecule has 0 aromatic heterocycles. The second kappa shape index (κ2) is 12.8. The van der Waals surface area contributed by atoms with E-state index < -0.39 is 17.8 Å². The number of benzene rings is 5. The average Bonchev–Trinajstić information content (AvgIpc) is 3.05. The molecule has 5 aromatic rings. The standard InChI is InChI=1S/C37H27ClN2O4/c38-32-17-8-7-14-27(32)23-42-28-16-9-15-26(20-28)35-30-19-18-29(21-33(30)44-36(40)31(35)22-39)43-37(41)34(24-10-3-1-4-11-24)25-12-5-2-6-13-25/h1-21,34-35H,23,40H2. The normalized spacial score (nSPS) is 13.9. The van der Waals surface area contributed by atoms with E-state index in [-0.39, 0.29) is 18.1 Å². The number of nitrogens with two attached hydrogens (primary N) is 1. The first-order chi connectivity index (χ1) is 21.5. The van der Waals surface area contributed by atoms with Crippen molar-refractivity contribution in [3.05, 3.63) is 172 Å². The van der Waals surface area contributed by atoms with E-state index in [0.29, 0.717) is 27.8 Å². The predicted octanol–water partition coefficient (Wildman–Crippen LogP) is 7.87. The molecule has 0 saturated heterocycles. The number of rotatable bonds is 8. The van der Waals surface area contributed by atoms with Crippen LogP contribution in [0.4, 0.5) is 0 Å². The third kappa shape index (κ3) is 6.00. The van der Waals surface area contributed by atoms with Gasteiger partial charge in [-0.2, -0.15) is 5.26 Å². The van der Waals surface area contributed by atoms with Crippen LogP contribution in [0, 0.1) is 11.3 Å². The van der Waals surface area contributed by atoms with Gasteiger partial charge in [0.1, 0.15) is 41.4 Å². The van der Waals surface area contributed by atoms with Crippen LogP contribution in [0.3, 0.4) is 0 Å². The Labute approximate surface area is 260 Å². The first kappa shape index (κ1) is 28.6. The van der Waals surface area contributed by atoms with E-state index in [4.69, 9.17) is 31.5 Å². The molecule has 0 radical (unpaired) electrons. The molecule has 0 bridgehead atoms. The Morgan fingerprint density at radius 3 is 2.20 bits per heavy atom. The molecule has 0 spiro atoms. The lowest BCUT2D eigenvalue weighted by atomic mass is 9.83. The topological polar surface area (TPSA) is 94.6 Å². The highest BCUT2D eigenvalue weighted by Crippen LogP contribution is 2.44. The lowest BCUT2D eigenvalue weighted by Gasteiger charge is -2.27. The van der Waals surface area contributed by atoms with Crippen molar-refractivity contribution in [2.24, 2.45) is 5.73 Å². The van der Waals surface area contributed by atoms with Crippen LogP contribution in [-0.4, -0.2) is 5.97 Å². The number of carbonyl (C=O) groups is 1. The molecule has 0 amide bonds. The fourth-order valence-electron chi connectivity index (χ4n) is 5.33. The molecule has 1 aliphatic heterocycles. The molecule has 1 unspecified atom stereocenters. The fraction of sp³-hybridized carbons (Fsp3) is 0.0811. The second-order valence-electron chi connectivity index (χ2n) is 10.3. The zero-order valence-corrected chi connectivity index (χ0v) is 24.3. The SMILES string of the molecule is N#CC1=C(N)Oc2cc(OC(=O)C(c3ccccc3)c3ccccc3)ccc2C1c1cccc(OCc2ccccc2Cl)c1. The Morgan fingerprint density at radius 1 is 0.841 bits per heavy atom. The van der Waals surface area contributed by atoms with Crippen molar-refractivity contribution in [2.45, 2.75) is 18.4 Å². The van der Waals surface area contributed by atoms with Gasteiger partial charge in [0.15, 0.2) is 0 Å². The van der Waals surface area contributed by atoms with Gasteiger partial charge in [0.25, 0.3) is 0 Å². The molecular weight excluding hydrogens is 572 g/mol. The summed E-state index contributed by atoms with van der Waals surface area (Å²) in [4.78, 5) is 13.6. The van der Waals surface area contributed by atoms with Gasteiger partial charge in [-0.1, -0.05) is 109 Å². The van der Waals surface area contributed by atoms with Gasteiger partial charge in [0.05, 0.1) is 5.92 Å². The Hall–Kier alpha value is -5.51. The summed E-state index contributed by atoms with van der Waals surface area (Å²) in [6.45, 7) is 0.290. The van der Waals surface area contributed by atoms with Crippen LogP contribution in [-0.2, 0) is 11.4 Å². The number of allylic oxidation sites excluding steroid dienone is 1. The Morgan fingerprint density at radius 2 is 1.52 bits per heavy atom. The van der Waals surface area contributed by atoms with E-state index in [2.05, 4.69) is 6.07 Å². The van der Waals surface area contributed by atoms with Crippen molar-refractivity contribution in [2.75, 3.05) is 0 Å². The van der Waals surface area contributed by atoms with Gasteiger partial charge in [-0.15, -0.1) is 0 Å². The zero-order chi connectivity index (χ0) is 30.5. The highest BCUT2D eigenvalue weighted by Gasteiger charge is 2.32. The summed E-state index contributed by atoms with van der Waals surface area (Å²) >= 11 is 6.30. The van der Waals surface area contributed by atoms with Crippen molar-refractivity contribution in [3.63, 3.8) is 0 Å². The van der Waals surface area contributed by atoms with E-state index in [9.17, 15) is 10.1 Å². The molecule has 6 rings (SSSR count). The smallest absolute Gasteiger partial charge is 0.323 e. The molecule has 1 heterocycles. The number of halogens is 1. The third-order valence-corrected chi connectivity index (χ3v) is 7.82. The van der Waals surface area contributed by atoms with E-state index in [1.807, 2.05) is 109 Å². The molecule has 1 aliphatic rings. The van der Waals surface area contributed by atoms with E-state index in [0.717, 1.165) is 22.3 Å². The predicted molar refractivity (Wildman–Crippen MR) is 168 cm³/mol. The zero-order valence-electron chi connectivity index (χ0n) is 23.5. The molecule has 2 N–H and O–H groups in total. The molecule has 5 aromatic carbocycles. The van der Waals surface area contributed by atoms with Crippen molar-refractivity contribution in [3.8, 4) is 23.3 Å². The van der Waals surface area contributed by atoms with Crippen molar-refractivity contribution < 1.29 is 19.0 Å². The number of fused-ring (bicyclic) bond motifs is 1. The molecule has 7 heteroatoms. The number of hydrogen-bond acceptors (Lipinski definition) is 6. The summed E-state index contributed by atoms with van der Waals surface area (Å²) in [5.74, 6) is -0.263. The molecule has 44 heavy (non-hydrogen) atoms. The highest BCUT2D eigenvalue weighted by molar-refractivity contribution is 6.31. The molecule has 6 nitrogen and oxygen atoms in total. The van der Waals surface area contributed by atoms with E-state index in [1.165, 1.54) is 0 Å². The molecule has 0 saturated carbocycles. The second-order valence-corrected chi connectivity index (χ2v) is 10.7. The van der Waals surface area contributed by atoms with Gasteiger partial charge >= 0.3 is 5.97 Å². The quantitative estimate of drug-likeness (QED) is 0.144. The summed E-state index contributed by atoms with van der Waals surface area (Å²) in [6, 6.07) is 41.3. The largest absolute Gasteiger partial charge is 0.489 e. The lowest BCUT2D eigenvalue weighted by Crippen LogP contribution is -2.22. The fourth-order valence-corrected chi connectivity index (χ4v) is 5.52. The van der Waals surface area contributed by atoms with Gasteiger partial charge < -0.3 is 19.9 Å². The minimum Gasteiger partial charge on any atom is -0.489 e. The maximum atomic E-state index is 13.6. The minimum atomic E-state index is -0.620.